The van der Waals surface area contributed by atoms with Gasteiger partial charge in [0, 0.05) is 24.7 Å². The molecule has 1 aliphatic rings. The highest BCUT2D eigenvalue weighted by Crippen LogP contribution is 2.17. The third kappa shape index (κ3) is 1.32. The van der Waals surface area contributed by atoms with E-state index >= 15 is 0 Å². The average Bonchev–Trinajstić information content (AvgIpc) is 2.05. The zero-order valence-electron chi connectivity index (χ0n) is 6.38. The lowest BCUT2D eigenvalue weighted by Gasteiger charge is -2.12. The van der Waals surface area contributed by atoms with Gasteiger partial charge >= 0.3 is 0 Å². The molecule has 2 rings (SSSR count). The molecule has 0 bridgehead atoms. The maximum absolute atomic E-state index is 11.0. The van der Waals surface area contributed by atoms with Crippen molar-refractivity contribution in [1.29, 1.82) is 0 Å². The Balaban J connectivity index is 2.43. The van der Waals surface area contributed by atoms with Gasteiger partial charge < -0.3 is 0 Å². The molecule has 0 saturated carbocycles. The predicted octanol–water partition coefficient (Wildman–Crippen LogP) is 1.19. The zero-order valence-corrected chi connectivity index (χ0v) is 7.14. The fraction of sp³-hybridized carbons (Fsp3) is 0.375. The number of hydrogen-bond donors (Lipinski definition) is 0. The summed E-state index contributed by atoms with van der Waals surface area (Å²) < 4.78 is 0. The van der Waals surface area contributed by atoms with E-state index in [9.17, 15) is 4.79 Å². The summed E-state index contributed by atoms with van der Waals surface area (Å²) in [6, 6.07) is 0. The number of aryl methyl sites for hydroxylation is 1. The predicted molar refractivity (Wildman–Crippen MR) is 44.1 cm³/mol. The molecule has 0 radical (unpaired) electrons. The number of halogens is 1. The van der Waals surface area contributed by atoms with E-state index in [0.29, 0.717) is 19.3 Å². The maximum Gasteiger partial charge on any atom is 0.222 e. The molecule has 0 N–H and O–H groups in total. The topological polar surface area (TPSA) is 42.9 Å². The summed E-state index contributed by atoms with van der Waals surface area (Å²) in [5.74, 6) is 0.258. The minimum atomic E-state index is 0.258. The number of fused-ring (bicyclic) bond motifs is 1. The van der Waals surface area contributed by atoms with Crippen LogP contribution < -0.4 is 0 Å². The van der Waals surface area contributed by atoms with E-state index < -0.39 is 0 Å². The van der Waals surface area contributed by atoms with Crippen LogP contribution in [0, 0.1) is 0 Å². The van der Waals surface area contributed by atoms with Crippen molar-refractivity contribution in [3.05, 3.63) is 22.7 Å². The van der Waals surface area contributed by atoms with Crippen LogP contribution >= 0.6 is 11.6 Å². The van der Waals surface area contributed by atoms with Gasteiger partial charge in [-0.1, -0.05) is 0 Å². The molecule has 1 aromatic rings. The SMILES string of the molecule is O=C1CCc2nc(Cl)ncc2C1. The molecule has 1 aromatic heterocycles. The van der Waals surface area contributed by atoms with Gasteiger partial charge in [0.25, 0.3) is 0 Å². The van der Waals surface area contributed by atoms with Gasteiger partial charge in [0.1, 0.15) is 5.78 Å². The van der Waals surface area contributed by atoms with Gasteiger partial charge in [0.2, 0.25) is 5.28 Å². The fourth-order valence-electron chi connectivity index (χ4n) is 1.34. The van der Waals surface area contributed by atoms with Crippen LogP contribution in [0.3, 0.4) is 0 Å². The number of carbonyl (C=O) groups is 1. The van der Waals surface area contributed by atoms with E-state index in [-0.39, 0.29) is 11.1 Å². The van der Waals surface area contributed by atoms with Gasteiger partial charge in [-0.15, -0.1) is 0 Å². The van der Waals surface area contributed by atoms with Crippen LogP contribution in [0.25, 0.3) is 0 Å². The summed E-state index contributed by atoms with van der Waals surface area (Å²) in [5, 5.41) is 0.267. The Labute approximate surface area is 74.8 Å². The van der Waals surface area contributed by atoms with Gasteiger partial charge in [-0.2, -0.15) is 0 Å². The summed E-state index contributed by atoms with van der Waals surface area (Å²) >= 11 is 5.61. The van der Waals surface area contributed by atoms with E-state index in [4.69, 9.17) is 11.6 Å². The Morgan fingerprint density at radius 2 is 2.25 bits per heavy atom. The molecule has 0 unspecified atom stereocenters. The van der Waals surface area contributed by atoms with Crippen LogP contribution in [0.15, 0.2) is 6.20 Å². The van der Waals surface area contributed by atoms with Crippen molar-refractivity contribution in [2.45, 2.75) is 19.3 Å². The number of ketones is 1. The van der Waals surface area contributed by atoms with Crippen molar-refractivity contribution in [2.24, 2.45) is 0 Å². The molecule has 4 heteroatoms. The van der Waals surface area contributed by atoms with Gasteiger partial charge in [-0.05, 0) is 23.6 Å². The summed E-state index contributed by atoms with van der Waals surface area (Å²) in [7, 11) is 0. The first-order valence-corrected chi connectivity index (χ1v) is 4.15. The van der Waals surface area contributed by atoms with Gasteiger partial charge in [0.15, 0.2) is 0 Å². The highest BCUT2D eigenvalue weighted by molar-refractivity contribution is 6.28. The van der Waals surface area contributed by atoms with Crippen molar-refractivity contribution in [2.75, 3.05) is 0 Å². The van der Waals surface area contributed by atoms with Crippen molar-refractivity contribution in [3.8, 4) is 0 Å². The Morgan fingerprint density at radius 1 is 1.42 bits per heavy atom. The van der Waals surface area contributed by atoms with Gasteiger partial charge in [-0.25, -0.2) is 9.97 Å². The Bertz CT molecular complexity index is 338. The number of aromatic nitrogens is 2. The summed E-state index contributed by atoms with van der Waals surface area (Å²) in [5.41, 5.74) is 1.85. The number of rotatable bonds is 0. The first-order valence-electron chi connectivity index (χ1n) is 3.78. The minimum absolute atomic E-state index is 0.258. The molecule has 62 valence electrons. The second-order valence-electron chi connectivity index (χ2n) is 2.83. The van der Waals surface area contributed by atoms with E-state index in [1.807, 2.05) is 0 Å². The molecule has 0 spiro atoms. The lowest BCUT2D eigenvalue weighted by atomic mass is 9.96. The van der Waals surface area contributed by atoms with E-state index in [1.54, 1.807) is 6.20 Å². The molecule has 1 heterocycles. The Kier molecular flexibility index (Phi) is 1.81. The molecular formula is C8H7ClN2O. The molecular weight excluding hydrogens is 176 g/mol. The highest BCUT2D eigenvalue weighted by Gasteiger charge is 2.16. The molecule has 0 aromatic carbocycles. The van der Waals surface area contributed by atoms with E-state index in [0.717, 1.165) is 11.3 Å². The number of Topliss-reactive ketones (excluding diaryl/α,β-unsaturated/α-hetero) is 1. The number of carbonyl (C=O) groups excluding carboxylic acids is 1. The monoisotopic (exact) mass is 182 g/mol. The van der Waals surface area contributed by atoms with Crippen LogP contribution in [-0.2, 0) is 17.6 Å². The molecule has 0 atom stereocenters. The molecule has 1 aliphatic carbocycles. The fourth-order valence-corrected chi connectivity index (χ4v) is 1.49. The zero-order chi connectivity index (χ0) is 8.55. The van der Waals surface area contributed by atoms with Crippen molar-refractivity contribution in [1.82, 2.24) is 9.97 Å². The van der Waals surface area contributed by atoms with Crippen LogP contribution in [-0.4, -0.2) is 15.8 Å². The number of nitrogens with zero attached hydrogens (tertiary/aromatic N) is 2. The van der Waals surface area contributed by atoms with E-state index in [2.05, 4.69) is 9.97 Å². The number of hydrogen-bond acceptors (Lipinski definition) is 3. The first-order chi connectivity index (χ1) is 5.75. The van der Waals surface area contributed by atoms with Crippen molar-refractivity contribution >= 4 is 17.4 Å². The van der Waals surface area contributed by atoms with Crippen LogP contribution in [0.1, 0.15) is 17.7 Å². The summed E-state index contributed by atoms with van der Waals surface area (Å²) in [6.45, 7) is 0. The molecule has 12 heavy (non-hydrogen) atoms. The second kappa shape index (κ2) is 2.83. The van der Waals surface area contributed by atoms with Gasteiger partial charge in [0.05, 0.1) is 0 Å². The lowest BCUT2D eigenvalue weighted by Crippen LogP contribution is -2.15. The second-order valence-corrected chi connectivity index (χ2v) is 3.16. The Hall–Kier alpha value is -0.960. The van der Waals surface area contributed by atoms with Crippen molar-refractivity contribution in [3.63, 3.8) is 0 Å². The van der Waals surface area contributed by atoms with Crippen molar-refractivity contribution < 1.29 is 4.79 Å². The third-order valence-electron chi connectivity index (χ3n) is 1.95. The Morgan fingerprint density at radius 3 is 3.08 bits per heavy atom. The standard InChI is InChI=1S/C8H7ClN2O/c9-8-10-4-5-3-6(12)1-2-7(5)11-8/h4H,1-3H2. The normalized spacial score (nSPS) is 15.9. The minimum Gasteiger partial charge on any atom is -0.299 e. The molecule has 0 aliphatic heterocycles. The largest absolute Gasteiger partial charge is 0.299 e. The molecule has 0 amide bonds. The van der Waals surface area contributed by atoms with Crippen LogP contribution in [0.2, 0.25) is 5.28 Å². The molecule has 0 saturated heterocycles. The third-order valence-corrected chi connectivity index (χ3v) is 2.14. The molecule has 0 fully saturated rings. The first kappa shape index (κ1) is 7.68. The quantitative estimate of drug-likeness (QED) is 0.566. The molecule has 3 nitrogen and oxygen atoms in total. The summed E-state index contributed by atoms with van der Waals surface area (Å²) in [4.78, 5) is 18.9. The van der Waals surface area contributed by atoms with Crippen LogP contribution in [0.4, 0.5) is 0 Å². The maximum atomic E-state index is 11.0. The highest BCUT2D eigenvalue weighted by atomic mass is 35.5. The smallest absolute Gasteiger partial charge is 0.222 e. The van der Waals surface area contributed by atoms with Gasteiger partial charge in [-0.3, -0.25) is 4.79 Å². The summed E-state index contributed by atoms with van der Waals surface area (Å²) in [6.07, 6.45) is 3.39. The van der Waals surface area contributed by atoms with Crippen LogP contribution in [0.5, 0.6) is 0 Å². The van der Waals surface area contributed by atoms with E-state index in [1.165, 1.54) is 0 Å². The average molecular weight is 183 g/mol. The lowest BCUT2D eigenvalue weighted by molar-refractivity contribution is -0.118.